The topological polar surface area (TPSA) is 46.6 Å². The highest BCUT2D eigenvalue weighted by Crippen LogP contribution is 2.21. The van der Waals surface area contributed by atoms with E-state index in [1.807, 2.05) is 33.0 Å². The van der Waals surface area contributed by atoms with Gasteiger partial charge in [-0.1, -0.05) is 5.57 Å². The van der Waals surface area contributed by atoms with Crippen molar-refractivity contribution in [1.82, 2.24) is 4.90 Å². The zero-order valence-electron chi connectivity index (χ0n) is 10.0. The first-order chi connectivity index (χ1) is 7.33. The number of hydrogen-bond acceptors (Lipinski definition) is 4. The van der Waals surface area contributed by atoms with Gasteiger partial charge in [0.15, 0.2) is 0 Å². The van der Waals surface area contributed by atoms with Crippen molar-refractivity contribution in [2.45, 2.75) is 20.8 Å². The molecule has 0 aliphatic carbocycles. The molecule has 90 valence electrons. The van der Waals surface area contributed by atoms with E-state index in [4.69, 9.17) is 4.18 Å². The van der Waals surface area contributed by atoms with Gasteiger partial charge < -0.3 is 9.08 Å². The Kier molecular flexibility index (Phi) is 3.80. The Hall–Kier alpha value is -1.23. The van der Waals surface area contributed by atoms with Crippen molar-refractivity contribution in [2.24, 2.45) is 0 Å². The molecular weight excluding hydrogens is 226 g/mol. The van der Waals surface area contributed by atoms with Gasteiger partial charge in [-0.2, -0.15) is 8.42 Å². The molecule has 0 aromatic carbocycles. The van der Waals surface area contributed by atoms with E-state index in [1.54, 1.807) is 11.0 Å². The summed E-state index contributed by atoms with van der Waals surface area (Å²) in [6, 6.07) is 0. The van der Waals surface area contributed by atoms with Gasteiger partial charge in [0.2, 0.25) is 5.88 Å². The molecule has 0 aromatic heterocycles. The number of nitrogens with zero attached hydrogens (tertiary/aromatic N) is 1. The number of allylic oxidation sites excluding steroid dienone is 4. The monoisotopic (exact) mass is 243 g/mol. The number of hydrogen-bond donors (Lipinski definition) is 0. The van der Waals surface area contributed by atoms with Crippen molar-refractivity contribution in [2.75, 3.05) is 12.8 Å². The van der Waals surface area contributed by atoms with E-state index in [0.717, 1.165) is 17.4 Å². The van der Waals surface area contributed by atoms with E-state index >= 15 is 0 Å². The van der Waals surface area contributed by atoms with Crippen LogP contribution < -0.4 is 0 Å². The van der Waals surface area contributed by atoms with Gasteiger partial charge in [0.25, 0.3) is 0 Å². The SMILES string of the molecule is CCN1C=CC(=C(C)C)C=C1OS(C)(=O)=O. The molecule has 0 radical (unpaired) electrons. The Balaban J connectivity index is 3.06. The summed E-state index contributed by atoms with van der Waals surface area (Å²) >= 11 is 0. The van der Waals surface area contributed by atoms with Crippen molar-refractivity contribution < 1.29 is 12.6 Å². The second-order valence-corrected chi connectivity index (χ2v) is 5.40. The second kappa shape index (κ2) is 4.74. The minimum atomic E-state index is -3.48. The molecule has 4 nitrogen and oxygen atoms in total. The van der Waals surface area contributed by atoms with Crippen LogP contribution >= 0.6 is 0 Å². The summed E-state index contributed by atoms with van der Waals surface area (Å²) in [6.45, 7) is 6.52. The normalized spacial score (nSPS) is 16.1. The second-order valence-electron chi connectivity index (χ2n) is 3.83. The number of rotatable bonds is 3. The molecule has 0 spiro atoms. The summed E-state index contributed by atoms with van der Waals surface area (Å²) in [6.07, 6.45) is 6.54. The lowest BCUT2D eigenvalue weighted by atomic mass is 10.1. The molecule has 1 heterocycles. The molecule has 0 unspecified atom stereocenters. The Bertz CT molecular complexity index is 454. The predicted molar refractivity (Wildman–Crippen MR) is 63.9 cm³/mol. The first-order valence-corrected chi connectivity index (χ1v) is 6.88. The molecule has 0 saturated carbocycles. The van der Waals surface area contributed by atoms with E-state index in [1.165, 1.54) is 0 Å². The third-order valence-corrected chi connectivity index (χ3v) is 2.62. The van der Waals surface area contributed by atoms with Gasteiger partial charge in [0.05, 0.1) is 6.26 Å². The zero-order valence-corrected chi connectivity index (χ0v) is 10.8. The fraction of sp³-hybridized carbons (Fsp3) is 0.455. The van der Waals surface area contributed by atoms with Gasteiger partial charge in [0.1, 0.15) is 0 Å². The minimum absolute atomic E-state index is 0.351. The highest BCUT2D eigenvalue weighted by atomic mass is 32.2. The van der Waals surface area contributed by atoms with Crippen LogP contribution in [-0.2, 0) is 14.3 Å². The summed E-state index contributed by atoms with van der Waals surface area (Å²) in [5, 5.41) is 0. The van der Waals surface area contributed by atoms with Crippen LogP contribution in [0.1, 0.15) is 20.8 Å². The molecule has 5 heteroatoms. The minimum Gasteiger partial charge on any atom is -0.364 e. The lowest BCUT2D eigenvalue weighted by molar-refractivity contribution is 0.280. The van der Waals surface area contributed by atoms with Crippen LogP contribution in [0, 0.1) is 0 Å². The van der Waals surface area contributed by atoms with Crippen molar-refractivity contribution in [3.8, 4) is 0 Å². The molecule has 1 aliphatic heterocycles. The molecule has 0 atom stereocenters. The molecule has 16 heavy (non-hydrogen) atoms. The molecule has 0 bridgehead atoms. The van der Waals surface area contributed by atoms with Crippen molar-refractivity contribution >= 4 is 10.1 Å². The van der Waals surface area contributed by atoms with Crippen LogP contribution in [0.4, 0.5) is 0 Å². The first-order valence-electron chi connectivity index (χ1n) is 5.07. The molecule has 1 aliphatic rings. The molecule has 0 aromatic rings. The Morgan fingerprint density at radius 1 is 1.44 bits per heavy atom. The molecule has 0 saturated heterocycles. The standard InChI is InChI=1S/C11H17NO3S/c1-5-12-7-6-10(9(2)3)8-11(12)15-16(4,13)14/h6-8H,5H2,1-4H3. The summed E-state index contributed by atoms with van der Waals surface area (Å²) in [7, 11) is -3.48. The van der Waals surface area contributed by atoms with E-state index < -0.39 is 10.1 Å². The fourth-order valence-corrected chi connectivity index (χ4v) is 1.76. The lowest BCUT2D eigenvalue weighted by Gasteiger charge is -2.24. The summed E-state index contributed by atoms with van der Waals surface area (Å²) in [5.41, 5.74) is 2.09. The quantitative estimate of drug-likeness (QED) is 0.711. The van der Waals surface area contributed by atoms with Gasteiger partial charge in [-0.3, -0.25) is 0 Å². The molecule has 1 rings (SSSR count). The van der Waals surface area contributed by atoms with E-state index in [9.17, 15) is 8.42 Å². The average Bonchev–Trinajstić information content (AvgIpc) is 2.15. The van der Waals surface area contributed by atoms with Crippen LogP contribution in [0.3, 0.4) is 0 Å². The van der Waals surface area contributed by atoms with Crippen LogP contribution in [-0.4, -0.2) is 26.1 Å². The predicted octanol–water partition coefficient (Wildman–Crippen LogP) is 1.99. The third-order valence-electron chi connectivity index (χ3n) is 2.15. The average molecular weight is 243 g/mol. The van der Waals surface area contributed by atoms with Gasteiger partial charge in [0, 0.05) is 18.8 Å². The highest BCUT2D eigenvalue weighted by Gasteiger charge is 2.16. The van der Waals surface area contributed by atoms with Crippen molar-refractivity contribution in [3.63, 3.8) is 0 Å². The van der Waals surface area contributed by atoms with Gasteiger partial charge in [-0.15, -0.1) is 0 Å². The van der Waals surface area contributed by atoms with Crippen LogP contribution in [0.5, 0.6) is 0 Å². The van der Waals surface area contributed by atoms with Gasteiger partial charge >= 0.3 is 10.1 Å². The maximum Gasteiger partial charge on any atom is 0.307 e. The largest absolute Gasteiger partial charge is 0.364 e. The van der Waals surface area contributed by atoms with Gasteiger partial charge in [-0.25, -0.2) is 0 Å². The molecule has 0 N–H and O–H groups in total. The Morgan fingerprint density at radius 2 is 2.06 bits per heavy atom. The van der Waals surface area contributed by atoms with Crippen molar-refractivity contribution in [1.29, 1.82) is 0 Å². The molecule has 0 fully saturated rings. The Labute approximate surface area is 97.0 Å². The fourth-order valence-electron chi connectivity index (χ4n) is 1.31. The zero-order chi connectivity index (χ0) is 12.3. The summed E-state index contributed by atoms with van der Waals surface area (Å²) in [5.74, 6) is 0.351. The van der Waals surface area contributed by atoms with Crippen molar-refractivity contribution in [3.05, 3.63) is 35.4 Å². The Morgan fingerprint density at radius 3 is 2.50 bits per heavy atom. The maximum atomic E-state index is 11.1. The van der Waals surface area contributed by atoms with Crippen LogP contribution in [0.15, 0.2) is 35.4 Å². The van der Waals surface area contributed by atoms with Crippen LogP contribution in [0.25, 0.3) is 0 Å². The molecule has 0 amide bonds. The first kappa shape index (κ1) is 12.8. The summed E-state index contributed by atoms with van der Waals surface area (Å²) in [4.78, 5) is 1.74. The van der Waals surface area contributed by atoms with E-state index in [-0.39, 0.29) is 0 Å². The van der Waals surface area contributed by atoms with Gasteiger partial charge in [-0.05, 0) is 32.4 Å². The van der Waals surface area contributed by atoms with E-state index in [0.29, 0.717) is 12.4 Å². The van der Waals surface area contributed by atoms with Crippen LogP contribution in [0.2, 0.25) is 0 Å². The van der Waals surface area contributed by atoms with E-state index in [2.05, 4.69) is 0 Å². The molecular formula is C11H17NO3S. The third kappa shape index (κ3) is 3.41. The highest BCUT2D eigenvalue weighted by molar-refractivity contribution is 7.86. The maximum absolute atomic E-state index is 11.1. The lowest BCUT2D eigenvalue weighted by Crippen LogP contribution is -2.22. The summed E-state index contributed by atoms with van der Waals surface area (Å²) < 4.78 is 27.2. The smallest absolute Gasteiger partial charge is 0.307 e.